The largest absolute Gasteiger partial charge is 0.391 e. The molecule has 2 aromatic carbocycles. The van der Waals surface area contributed by atoms with E-state index in [1.165, 1.54) is 0 Å². The van der Waals surface area contributed by atoms with Gasteiger partial charge in [0.2, 0.25) is 0 Å². The lowest BCUT2D eigenvalue weighted by Gasteiger charge is -2.24. The molecule has 96 valence electrons. The van der Waals surface area contributed by atoms with Crippen molar-refractivity contribution in [1.82, 2.24) is 0 Å². The van der Waals surface area contributed by atoms with Crippen molar-refractivity contribution in [3.63, 3.8) is 0 Å². The third-order valence-corrected chi connectivity index (χ3v) is 3.50. The highest BCUT2D eigenvalue weighted by atomic mass is 16.9. The lowest BCUT2D eigenvalue weighted by Crippen LogP contribution is -2.23. The van der Waals surface area contributed by atoms with Crippen LogP contribution >= 0.6 is 0 Å². The van der Waals surface area contributed by atoms with E-state index in [0.29, 0.717) is 17.0 Å². The molecule has 0 radical (unpaired) electrons. The standard InChI is InChI=1S/C16H15NO2/c1-16(14-10-6-3-7-11-14)12-15(17(18)19-16)13-8-4-2-5-9-13/h2-11H,12H2,1H3. The first kappa shape index (κ1) is 11.8. The van der Waals surface area contributed by atoms with Crippen LogP contribution in [0.1, 0.15) is 24.5 Å². The summed E-state index contributed by atoms with van der Waals surface area (Å²) in [4.78, 5) is 6.20. The van der Waals surface area contributed by atoms with Gasteiger partial charge in [-0.2, -0.15) is 0 Å². The summed E-state index contributed by atoms with van der Waals surface area (Å²) in [6, 6.07) is 19.5. The molecule has 1 aliphatic heterocycles. The van der Waals surface area contributed by atoms with Gasteiger partial charge in [-0.05, 0) is 24.6 Å². The van der Waals surface area contributed by atoms with E-state index in [2.05, 4.69) is 0 Å². The highest BCUT2D eigenvalue weighted by Gasteiger charge is 2.40. The van der Waals surface area contributed by atoms with Crippen LogP contribution < -0.4 is 0 Å². The molecule has 1 atom stereocenters. The van der Waals surface area contributed by atoms with Crippen LogP contribution in [0, 0.1) is 5.21 Å². The molecule has 0 spiro atoms. The zero-order chi connectivity index (χ0) is 13.3. The zero-order valence-electron chi connectivity index (χ0n) is 10.7. The van der Waals surface area contributed by atoms with Crippen LogP contribution in [0.2, 0.25) is 0 Å². The van der Waals surface area contributed by atoms with Gasteiger partial charge in [0, 0.05) is 10.5 Å². The first-order chi connectivity index (χ1) is 9.19. The van der Waals surface area contributed by atoms with Crippen LogP contribution in [0.15, 0.2) is 60.7 Å². The summed E-state index contributed by atoms with van der Waals surface area (Å²) in [5.74, 6) is 0. The van der Waals surface area contributed by atoms with Crippen LogP contribution in [-0.2, 0) is 10.4 Å². The molecule has 2 aromatic rings. The Labute approximate surface area is 112 Å². The minimum absolute atomic E-state index is 0.574. The zero-order valence-corrected chi connectivity index (χ0v) is 10.7. The highest BCUT2D eigenvalue weighted by molar-refractivity contribution is 5.98. The summed E-state index contributed by atoms with van der Waals surface area (Å²) in [7, 11) is 0. The molecular formula is C16H15NO2. The first-order valence-electron chi connectivity index (χ1n) is 6.32. The van der Waals surface area contributed by atoms with E-state index >= 15 is 0 Å². The molecule has 1 aliphatic rings. The fourth-order valence-corrected chi connectivity index (χ4v) is 2.44. The predicted octanol–water partition coefficient (Wildman–Crippen LogP) is 3.24. The summed E-state index contributed by atoms with van der Waals surface area (Å²) in [6.07, 6.45) is 0.574. The van der Waals surface area contributed by atoms with Crippen LogP contribution in [-0.4, -0.2) is 10.6 Å². The normalized spacial score (nSPS) is 22.4. The van der Waals surface area contributed by atoms with Gasteiger partial charge in [-0.15, -0.1) is 0 Å². The number of nitrogens with zero attached hydrogens (tertiary/aromatic N) is 1. The van der Waals surface area contributed by atoms with Crippen molar-refractivity contribution < 1.29 is 9.74 Å². The van der Waals surface area contributed by atoms with E-state index in [1.54, 1.807) is 0 Å². The Balaban J connectivity index is 1.94. The first-order valence-corrected chi connectivity index (χ1v) is 6.32. The smallest absolute Gasteiger partial charge is 0.254 e. The minimum Gasteiger partial charge on any atom is -0.391 e. The second-order valence-electron chi connectivity index (χ2n) is 4.93. The maximum absolute atomic E-state index is 12.0. The Morgan fingerprint density at radius 3 is 2.21 bits per heavy atom. The van der Waals surface area contributed by atoms with Gasteiger partial charge in [0.15, 0.2) is 0 Å². The maximum Gasteiger partial charge on any atom is 0.254 e. The van der Waals surface area contributed by atoms with E-state index in [4.69, 9.17) is 4.84 Å². The molecule has 0 amide bonds. The Bertz CT molecular complexity index is 607. The van der Waals surface area contributed by atoms with Crippen molar-refractivity contribution in [3.8, 4) is 0 Å². The van der Waals surface area contributed by atoms with E-state index in [0.717, 1.165) is 11.1 Å². The van der Waals surface area contributed by atoms with Gasteiger partial charge >= 0.3 is 0 Å². The number of hydrogen-bond donors (Lipinski definition) is 0. The average molecular weight is 253 g/mol. The molecule has 3 rings (SSSR count). The van der Waals surface area contributed by atoms with Crippen molar-refractivity contribution in [2.75, 3.05) is 0 Å². The number of hydrogen-bond acceptors (Lipinski definition) is 2. The molecule has 3 heteroatoms. The summed E-state index contributed by atoms with van der Waals surface area (Å²) < 4.78 is 0. The fourth-order valence-electron chi connectivity index (χ4n) is 2.44. The molecule has 0 N–H and O–H groups in total. The van der Waals surface area contributed by atoms with Gasteiger partial charge in [0.25, 0.3) is 5.71 Å². The van der Waals surface area contributed by atoms with Gasteiger partial charge in [0.1, 0.15) is 5.60 Å². The van der Waals surface area contributed by atoms with Gasteiger partial charge in [-0.3, -0.25) is 5.21 Å². The Hall–Kier alpha value is -2.29. The van der Waals surface area contributed by atoms with Crippen molar-refractivity contribution in [3.05, 3.63) is 77.0 Å². The second kappa shape index (κ2) is 4.43. The molecule has 0 aromatic heterocycles. The Morgan fingerprint density at radius 2 is 1.58 bits per heavy atom. The number of benzene rings is 2. The quantitative estimate of drug-likeness (QED) is 0.770. The van der Waals surface area contributed by atoms with Crippen LogP contribution in [0.3, 0.4) is 0 Å². The lowest BCUT2D eigenvalue weighted by atomic mass is 9.89. The lowest BCUT2D eigenvalue weighted by molar-refractivity contribution is -0.754. The molecule has 0 bridgehead atoms. The van der Waals surface area contributed by atoms with Crippen molar-refractivity contribution in [1.29, 1.82) is 0 Å². The number of rotatable bonds is 2. The molecule has 1 unspecified atom stereocenters. The highest BCUT2D eigenvalue weighted by Crippen LogP contribution is 2.35. The fraction of sp³-hybridized carbons (Fsp3) is 0.188. The average Bonchev–Trinajstić information content (AvgIpc) is 2.77. The molecule has 19 heavy (non-hydrogen) atoms. The van der Waals surface area contributed by atoms with Crippen molar-refractivity contribution >= 4 is 5.71 Å². The van der Waals surface area contributed by atoms with Gasteiger partial charge in [-0.25, -0.2) is 0 Å². The molecular weight excluding hydrogens is 238 g/mol. The molecule has 0 saturated heterocycles. The molecule has 3 nitrogen and oxygen atoms in total. The van der Waals surface area contributed by atoms with Crippen molar-refractivity contribution in [2.24, 2.45) is 0 Å². The van der Waals surface area contributed by atoms with Crippen LogP contribution in [0.25, 0.3) is 0 Å². The van der Waals surface area contributed by atoms with E-state index in [-0.39, 0.29) is 0 Å². The molecule has 0 fully saturated rings. The second-order valence-corrected chi connectivity index (χ2v) is 4.93. The summed E-state index contributed by atoms with van der Waals surface area (Å²) in [5.41, 5.74) is 2.01. The van der Waals surface area contributed by atoms with E-state index in [9.17, 15) is 5.21 Å². The van der Waals surface area contributed by atoms with Gasteiger partial charge in [-0.1, -0.05) is 48.5 Å². The van der Waals surface area contributed by atoms with Crippen molar-refractivity contribution in [2.45, 2.75) is 18.9 Å². The SMILES string of the molecule is CC1(c2ccccc2)CC(c2ccccc2)=[N+]([O-])O1. The van der Waals surface area contributed by atoms with E-state index < -0.39 is 5.60 Å². The van der Waals surface area contributed by atoms with Crippen LogP contribution in [0.5, 0.6) is 0 Å². The molecule has 0 saturated carbocycles. The summed E-state index contributed by atoms with van der Waals surface area (Å²) in [5, 5.41) is 12.0. The van der Waals surface area contributed by atoms with Gasteiger partial charge in [0.05, 0.1) is 6.42 Å². The molecule has 1 heterocycles. The summed E-state index contributed by atoms with van der Waals surface area (Å²) in [6.45, 7) is 1.95. The van der Waals surface area contributed by atoms with Crippen LogP contribution in [0.4, 0.5) is 0 Å². The third-order valence-electron chi connectivity index (χ3n) is 3.50. The minimum atomic E-state index is -0.589. The topological polar surface area (TPSA) is 35.3 Å². The predicted molar refractivity (Wildman–Crippen MR) is 73.7 cm³/mol. The Morgan fingerprint density at radius 1 is 1.00 bits per heavy atom. The summed E-state index contributed by atoms with van der Waals surface area (Å²) >= 11 is 0. The monoisotopic (exact) mass is 253 g/mol. The Kier molecular flexibility index (Phi) is 2.75. The van der Waals surface area contributed by atoms with E-state index in [1.807, 2.05) is 67.6 Å². The molecule has 0 aliphatic carbocycles. The third kappa shape index (κ3) is 2.08. The van der Waals surface area contributed by atoms with Gasteiger partial charge < -0.3 is 4.84 Å². The maximum atomic E-state index is 12.0.